The Hall–Kier alpha value is -4.08. The normalized spacial score (nSPS) is 20.5. The van der Waals surface area contributed by atoms with Crippen LogP contribution in [0.2, 0.25) is 0 Å². The van der Waals surface area contributed by atoms with Gasteiger partial charge in [-0.05, 0) is 89.9 Å². The largest absolute Gasteiger partial charge is 0.338 e. The van der Waals surface area contributed by atoms with Gasteiger partial charge in [0.1, 0.15) is 17.5 Å². The third-order valence-electron chi connectivity index (χ3n) is 9.21. The first-order chi connectivity index (χ1) is 19.2. The van der Waals surface area contributed by atoms with Crippen LogP contribution in [0.5, 0.6) is 0 Å². The number of amides is 1. The summed E-state index contributed by atoms with van der Waals surface area (Å²) in [5.74, 6) is -0.483. The molecule has 40 heavy (non-hydrogen) atoms. The van der Waals surface area contributed by atoms with E-state index in [2.05, 4.69) is 39.6 Å². The number of rotatable bonds is 7. The Balaban J connectivity index is 1.29. The van der Waals surface area contributed by atoms with Gasteiger partial charge >= 0.3 is 0 Å². The van der Waals surface area contributed by atoms with Crippen molar-refractivity contribution >= 4 is 5.91 Å². The van der Waals surface area contributed by atoms with Crippen molar-refractivity contribution < 1.29 is 13.6 Å². The van der Waals surface area contributed by atoms with Crippen molar-refractivity contribution in [2.45, 2.75) is 58.4 Å². The molecule has 2 aliphatic rings. The van der Waals surface area contributed by atoms with E-state index < -0.39 is 17.0 Å². The summed E-state index contributed by atoms with van der Waals surface area (Å²) in [6.07, 6.45) is 1.79. The lowest BCUT2D eigenvalue weighted by Crippen LogP contribution is -2.48. The molecule has 2 atom stereocenters. The van der Waals surface area contributed by atoms with Gasteiger partial charge in [-0.15, -0.1) is 5.10 Å². The summed E-state index contributed by atoms with van der Waals surface area (Å²) in [6.45, 7) is 9.80. The quantitative estimate of drug-likeness (QED) is 0.323. The average molecular weight is 544 g/mol. The molecule has 0 spiro atoms. The summed E-state index contributed by atoms with van der Waals surface area (Å²) in [5.41, 5.74) is 2.85. The number of likely N-dealkylation sites (N-methyl/N-ethyl adjacent to an activating group) is 1. The average Bonchev–Trinajstić information content (AvgIpc) is 3.51. The summed E-state index contributed by atoms with van der Waals surface area (Å²) in [5, 5.41) is 20.5. The highest BCUT2D eigenvalue weighted by Crippen LogP contribution is 2.67. The summed E-state index contributed by atoms with van der Waals surface area (Å²) in [4.78, 5) is 15.6. The molecule has 1 amide bonds. The van der Waals surface area contributed by atoms with Gasteiger partial charge in [0.2, 0.25) is 0 Å². The zero-order chi connectivity index (χ0) is 28.2. The molecule has 4 aromatic rings. The van der Waals surface area contributed by atoms with Crippen LogP contribution < -0.4 is 0 Å². The minimum atomic E-state index is -0.659. The number of nitrogens with zero attached hydrogens (tertiary/aromatic N) is 7. The Morgan fingerprint density at radius 2 is 1.80 bits per heavy atom. The Kier molecular flexibility index (Phi) is 6.23. The predicted molar refractivity (Wildman–Crippen MR) is 144 cm³/mol. The number of fused-ring (bicyclic) bond motifs is 5. The molecule has 0 aliphatic heterocycles. The number of aromatic nitrogens is 6. The number of aryl methyl sites for hydroxylation is 1. The van der Waals surface area contributed by atoms with E-state index in [4.69, 9.17) is 0 Å². The minimum absolute atomic E-state index is 0.0484. The van der Waals surface area contributed by atoms with Crippen LogP contribution in [0.25, 0.3) is 11.3 Å². The lowest BCUT2D eigenvalue weighted by atomic mass is 9.68. The Morgan fingerprint density at radius 3 is 2.45 bits per heavy atom. The topological polar surface area (TPSA) is 89.7 Å². The van der Waals surface area contributed by atoms with E-state index in [1.807, 2.05) is 43.0 Å². The summed E-state index contributed by atoms with van der Waals surface area (Å²) < 4.78 is 30.8. The molecule has 1 saturated carbocycles. The summed E-state index contributed by atoms with van der Waals surface area (Å²) in [6, 6.07) is 13.2. The van der Waals surface area contributed by atoms with Gasteiger partial charge in [-0.2, -0.15) is 10.2 Å². The number of halogens is 2. The number of hydrogen-bond donors (Lipinski definition) is 0. The van der Waals surface area contributed by atoms with Gasteiger partial charge in [-0.1, -0.05) is 32.0 Å². The highest BCUT2D eigenvalue weighted by molar-refractivity contribution is 5.94. The molecule has 2 aromatic carbocycles. The van der Waals surface area contributed by atoms with E-state index >= 15 is 0 Å². The van der Waals surface area contributed by atoms with Gasteiger partial charge in [-0.3, -0.25) is 4.79 Å². The summed E-state index contributed by atoms with van der Waals surface area (Å²) >= 11 is 0. The molecule has 8 nitrogen and oxygen atoms in total. The molecule has 2 aromatic heterocycles. The van der Waals surface area contributed by atoms with Crippen molar-refractivity contribution in [3.8, 4) is 11.3 Å². The predicted octanol–water partition coefficient (Wildman–Crippen LogP) is 5.08. The smallest absolute Gasteiger partial charge is 0.253 e. The second kappa shape index (κ2) is 9.53. The van der Waals surface area contributed by atoms with Crippen LogP contribution in [0.4, 0.5) is 8.78 Å². The number of tetrazole rings is 1. The second-order valence-corrected chi connectivity index (χ2v) is 11.4. The SMILES string of the molecule is CCN(C[C@@]12CC[C@@H](c3cc(-c4c(F)cccc4F)nnc31)C2(C)C)C(=O)c1ccc(Cn2nnnc2C)cc1. The molecule has 0 radical (unpaired) electrons. The lowest BCUT2D eigenvalue weighted by Gasteiger charge is -2.41. The molecular weight excluding hydrogens is 512 g/mol. The van der Waals surface area contributed by atoms with E-state index in [1.54, 1.807) is 10.7 Å². The fraction of sp³-hybridized carbons (Fsp3) is 0.400. The molecule has 2 bridgehead atoms. The number of carbonyl (C=O) groups is 1. The minimum Gasteiger partial charge on any atom is -0.338 e. The van der Waals surface area contributed by atoms with E-state index in [9.17, 15) is 13.6 Å². The van der Waals surface area contributed by atoms with E-state index in [0.29, 0.717) is 25.2 Å². The first-order valence-electron chi connectivity index (χ1n) is 13.6. The van der Waals surface area contributed by atoms with Crippen LogP contribution >= 0.6 is 0 Å². The van der Waals surface area contributed by atoms with E-state index in [-0.39, 0.29) is 28.5 Å². The monoisotopic (exact) mass is 543 g/mol. The fourth-order valence-corrected chi connectivity index (χ4v) is 6.80. The Labute approximate surface area is 231 Å². The van der Waals surface area contributed by atoms with E-state index in [0.717, 1.165) is 35.5 Å². The van der Waals surface area contributed by atoms with Gasteiger partial charge in [0.15, 0.2) is 0 Å². The van der Waals surface area contributed by atoms with Crippen molar-refractivity contribution in [3.63, 3.8) is 0 Å². The Bertz CT molecular complexity index is 1580. The van der Waals surface area contributed by atoms with Crippen molar-refractivity contribution in [1.82, 2.24) is 35.3 Å². The van der Waals surface area contributed by atoms with Gasteiger partial charge in [-0.25, -0.2) is 13.5 Å². The maximum Gasteiger partial charge on any atom is 0.253 e. The van der Waals surface area contributed by atoms with Crippen LogP contribution in [-0.2, 0) is 12.0 Å². The number of benzene rings is 2. The zero-order valence-electron chi connectivity index (χ0n) is 23.0. The van der Waals surface area contributed by atoms with Crippen LogP contribution in [-0.4, -0.2) is 54.3 Å². The first kappa shape index (κ1) is 26.2. The number of hydrogen-bond acceptors (Lipinski definition) is 6. The fourth-order valence-electron chi connectivity index (χ4n) is 6.80. The molecule has 10 heteroatoms. The molecule has 0 saturated heterocycles. The zero-order valence-corrected chi connectivity index (χ0v) is 23.0. The van der Waals surface area contributed by atoms with Crippen LogP contribution in [0.3, 0.4) is 0 Å². The lowest BCUT2D eigenvalue weighted by molar-refractivity contribution is 0.0652. The van der Waals surface area contributed by atoms with Gasteiger partial charge in [0.25, 0.3) is 5.91 Å². The van der Waals surface area contributed by atoms with Gasteiger partial charge in [0, 0.05) is 24.1 Å². The molecule has 2 heterocycles. The molecule has 0 unspecified atom stereocenters. The van der Waals surface area contributed by atoms with E-state index in [1.165, 1.54) is 18.2 Å². The molecular formula is C30H31F2N7O. The van der Waals surface area contributed by atoms with Crippen molar-refractivity contribution in [3.05, 3.63) is 88.4 Å². The maximum atomic E-state index is 14.5. The third kappa shape index (κ3) is 3.91. The Morgan fingerprint density at radius 1 is 1.07 bits per heavy atom. The molecule has 6 rings (SSSR count). The maximum absolute atomic E-state index is 14.5. The van der Waals surface area contributed by atoms with Crippen LogP contribution in [0.1, 0.15) is 72.5 Å². The van der Waals surface area contributed by atoms with Crippen molar-refractivity contribution in [2.24, 2.45) is 5.41 Å². The second-order valence-electron chi connectivity index (χ2n) is 11.4. The molecule has 1 fully saturated rings. The van der Waals surface area contributed by atoms with Crippen molar-refractivity contribution in [1.29, 1.82) is 0 Å². The van der Waals surface area contributed by atoms with Crippen LogP contribution in [0.15, 0.2) is 48.5 Å². The number of carbonyl (C=O) groups excluding carboxylic acids is 1. The summed E-state index contributed by atoms with van der Waals surface area (Å²) in [7, 11) is 0. The molecule has 0 N–H and O–H groups in total. The molecule has 2 aliphatic carbocycles. The van der Waals surface area contributed by atoms with Crippen LogP contribution in [0, 0.1) is 24.0 Å². The highest BCUT2D eigenvalue weighted by Gasteiger charge is 2.64. The highest BCUT2D eigenvalue weighted by atomic mass is 19.1. The molecule has 206 valence electrons. The third-order valence-corrected chi connectivity index (χ3v) is 9.21. The van der Waals surface area contributed by atoms with Crippen molar-refractivity contribution in [2.75, 3.05) is 13.1 Å². The van der Waals surface area contributed by atoms with Gasteiger partial charge in [0.05, 0.1) is 23.5 Å². The standard InChI is InChI=1S/C30H31F2N7O/c1-5-38(28(40)20-11-9-19(10-12-20)16-39-18(2)33-36-37-39)17-30-14-13-22(29(30,3)4)21-15-25(34-35-27(21)30)26-23(31)7-6-8-24(26)32/h6-12,15,22H,5,13-14,16-17H2,1-4H3/t22-,30-/m0/s1. The first-order valence-corrected chi connectivity index (χ1v) is 13.6. The van der Waals surface area contributed by atoms with Gasteiger partial charge < -0.3 is 4.90 Å².